The van der Waals surface area contributed by atoms with Crippen LogP contribution in [0.1, 0.15) is 25.7 Å². The lowest BCUT2D eigenvalue weighted by atomic mass is 10.2. The molecule has 1 aromatic heterocycles. The fraction of sp³-hybridized carbons (Fsp3) is 0.444. The van der Waals surface area contributed by atoms with Gasteiger partial charge in [0.05, 0.1) is 0 Å². The van der Waals surface area contributed by atoms with Crippen molar-refractivity contribution in [2.24, 2.45) is 4.99 Å². The maximum atomic E-state index is 14.0. The molecule has 1 saturated heterocycles. The second-order valence-electron chi connectivity index (χ2n) is 6.37. The summed E-state index contributed by atoms with van der Waals surface area (Å²) in [6.07, 6.45) is 3.16. The van der Waals surface area contributed by atoms with Crippen LogP contribution in [-0.2, 0) is 6.54 Å². The van der Waals surface area contributed by atoms with Crippen molar-refractivity contribution in [1.29, 1.82) is 0 Å². The maximum absolute atomic E-state index is 14.0. The Kier molecular flexibility index (Phi) is 8.53. The van der Waals surface area contributed by atoms with Crippen LogP contribution >= 0.6 is 24.0 Å². The summed E-state index contributed by atoms with van der Waals surface area (Å²) in [5, 5.41) is 6.24. The normalized spacial score (nSPS) is 16.8. The molecule has 3 rings (SSSR count). The van der Waals surface area contributed by atoms with E-state index in [1.807, 2.05) is 6.92 Å². The zero-order chi connectivity index (χ0) is 20.1. The van der Waals surface area contributed by atoms with Gasteiger partial charge in [-0.05, 0) is 25.5 Å². The molecular weight excluding hydrogens is 503 g/mol. The minimum Gasteiger partial charge on any atom is -0.365 e. The van der Waals surface area contributed by atoms with Crippen LogP contribution in [0.3, 0.4) is 0 Å². The Labute approximate surface area is 183 Å². The number of imidazole rings is 1. The number of anilines is 1. The van der Waals surface area contributed by atoms with Crippen LogP contribution in [0.4, 0.5) is 23.2 Å². The van der Waals surface area contributed by atoms with E-state index in [4.69, 9.17) is 0 Å². The number of benzene rings is 1. The van der Waals surface area contributed by atoms with Crippen LogP contribution < -0.4 is 15.5 Å². The molecule has 2 N–H and O–H groups in total. The van der Waals surface area contributed by atoms with E-state index in [-0.39, 0.29) is 48.1 Å². The molecule has 1 aromatic carbocycles. The highest BCUT2D eigenvalue weighted by Gasteiger charge is 2.27. The first-order valence-corrected chi connectivity index (χ1v) is 9.03. The second kappa shape index (κ2) is 10.6. The molecular formula is C18H23F4IN6. The molecule has 1 unspecified atom stereocenters. The van der Waals surface area contributed by atoms with Gasteiger partial charge in [-0.1, -0.05) is 6.07 Å². The van der Waals surface area contributed by atoms with E-state index in [1.54, 1.807) is 4.90 Å². The Hall–Kier alpha value is -2.05. The minimum absolute atomic E-state index is 0. The first kappa shape index (κ1) is 23.2. The molecule has 0 spiro atoms. The van der Waals surface area contributed by atoms with Gasteiger partial charge in [0.15, 0.2) is 5.96 Å². The predicted molar refractivity (Wildman–Crippen MR) is 114 cm³/mol. The number of halogens is 5. The molecule has 0 amide bonds. The van der Waals surface area contributed by atoms with Gasteiger partial charge in [0.1, 0.15) is 29.7 Å². The third-order valence-corrected chi connectivity index (χ3v) is 4.46. The summed E-state index contributed by atoms with van der Waals surface area (Å²) in [6.45, 7) is 0.645. The molecule has 0 aliphatic carbocycles. The van der Waals surface area contributed by atoms with Gasteiger partial charge < -0.3 is 15.5 Å². The zero-order valence-electron chi connectivity index (χ0n) is 15.8. The summed E-state index contributed by atoms with van der Waals surface area (Å²) in [6, 6.07) is 3.71. The first-order valence-electron chi connectivity index (χ1n) is 9.03. The van der Waals surface area contributed by atoms with Gasteiger partial charge >= 0.3 is 6.55 Å². The monoisotopic (exact) mass is 526 g/mol. The van der Waals surface area contributed by atoms with Crippen LogP contribution in [0.25, 0.3) is 0 Å². The molecule has 2 aromatic rings. The van der Waals surface area contributed by atoms with Crippen molar-refractivity contribution in [2.45, 2.75) is 32.5 Å². The number of aromatic nitrogens is 2. The van der Waals surface area contributed by atoms with Crippen molar-refractivity contribution in [1.82, 2.24) is 20.2 Å². The number of hydrogen-bond acceptors (Lipinski definition) is 3. The van der Waals surface area contributed by atoms with E-state index in [1.165, 1.54) is 30.6 Å². The van der Waals surface area contributed by atoms with Crippen LogP contribution in [0.15, 0.2) is 35.6 Å². The van der Waals surface area contributed by atoms with E-state index < -0.39 is 18.2 Å². The molecule has 0 radical (unpaired) electrons. The van der Waals surface area contributed by atoms with E-state index in [2.05, 4.69) is 20.6 Å². The van der Waals surface area contributed by atoms with Crippen LogP contribution in [-0.4, -0.2) is 41.2 Å². The number of nitrogens with zero attached hydrogens (tertiary/aromatic N) is 4. The molecule has 1 aliphatic heterocycles. The van der Waals surface area contributed by atoms with Crippen LogP contribution in [0.2, 0.25) is 0 Å². The first-order chi connectivity index (χ1) is 13.5. The third kappa shape index (κ3) is 5.73. The van der Waals surface area contributed by atoms with Crippen LogP contribution in [0, 0.1) is 11.6 Å². The number of rotatable bonds is 6. The number of hydrogen-bond donors (Lipinski definition) is 2. The van der Waals surface area contributed by atoms with Gasteiger partial charge in [-0.15, -0.1) is 24.0 Å². The van der Waals surface area contributed by atoms with Gasteiger partial charge in [-0.25, -0.2) is 18.8 Å². The van der Waals surface area contributed by atoms with Crippen molar-refractivity contribution in [3.63, 3.8) is 0 Å². The maximum Gasteiger partial charge on any atom is 0.319 e. The summed E-state index contributed by atoms with van der Waals surface area (Å²) in [5.41, 5.74) is -0.0345. The Morgan fingerprint density at radius 2 is 2.03 bits per heavy atom. The number of para-hydroxylation sites is 1. The van der Waals surface area contributed by atoms with Crippen molar-refractivity contribution in [2.75, 3.05) is 24.5 Å². The van der Waals surface area contributed by atoms with Crippen LogP contribution in [0.5, 0.6) is 0 Å². The predicted octanol–water partition coefficient (Wildman–Crippen LogP) is 3.51. The van der Waals surface area contributed by atoms with E-state index in [0.29, 0.717) is 32.0 Å². The molecule has 2 heterocycles. The average Bonchev–Trinajstić information content (AvgIpc) is 3.29. The standard InChI is InChI=1S/C18H22F4N6.HI/c1-2-23-18(25-10-15-24-7-9-28(15)17(21)22)26-12-6-8-27(11-12)16-13(19)4-3-5-14(16)20;/h3-5,7,9,12,17H,2,6,8,10-11H2,1H3,(H2,23,25,26);1H. The smallest absolute Gasteiger partial charge is 0.319 e. The van der Waals surface area contributed by atoms with Gasteiger partial charge in [0.2, 0.25) is 0 Å². The molecule has 1 aliphatic rings. The van der Waals surface area contributed by atoms with E-state index in [0.717, 1.165) is 4.57 Å². The van der Waals surface area contributed by atoms with Gasteiger partial charge in [-0.2, -0.15) is 8.78 Å². The Bertz CT molecular complexity index is 808. The quantitative estimate of drug-likeness (QED) is 0.262. The molecule has 1 fully saturated rings. The molecule has 29 heavy (non-hydrogen) atoms. The van der Waals surface area contributed by atoms with Crippen molar-refractivity contribution >= 4 is 35.6 Å². The number of nitrogens with one attached hydrogen (secondary N) is 2. The lowest BCUT2D eigenvalue weighted by Gasteiger charge is -2.21. The summed E-state index contributed by atoms with van der Waals surface area (Å²) in [7, 11) is 0. The van der Waals surface area contributed by atoms with Crippen molar-refractivity contribution < 1.29 is 17.6 Å². The Morgan fingerprint density at radius 3 is 2.69 bits per heavy atom. The molecule has 0 bridgehead atoms. The van der Waals surface area contributed by atoms with Gasteiger partial charge in [-0.3, -0.25) is 4.57 Å². The summed E-state index contributed by atoms with van der Waals surface area (Å²) < 4.78 is 54.5. The Balaban J connectivity index is 0.00000300. The summed E-state index contributed by atoms with van der Waals surface area (Å²) in [5.74, 6) is -0.610. The molecule has 0 saturated carbocycles. The van der Waals surface area contributed by atoms with Crippen molar-refractivity contribution in [3.8, 4) is 0 Å². The highest BCUT2D eigenvalue weighted by molar-refractivity contribution is 14.0. The summed E-state index contributed by atoms with van der Waals surface area (Å²) >= 11 is 0. The minimum atomic E-state index is -2.68. The van der Waals surface area contributed by atoms with E-state index >= 15 is 0 Å². The lowest BCUT2D eigenvalue weighted by Crippen LogP contribution is -2.44. The van der Waals surface area contributed by atoms with Gasteiger partial charge in [0.25, 0.3) is 0 Å². The second-order valence-corrected chi connectivity index (χ2v) is 6.37. The largest absolute Gasteiger partial charge is 0.365 e. The topological polar surface area (TPSA) is 57.5 Å². The highest BCUT2D eigenvalue weighted by Crippen LogP contribution is 2.26. The molecule has 11 heteroatoms. The van der Waals surface area contributed by atoms with Crippen molar-refractivity contribution in [3.05, 3.63) is 48.1 Å². The molecule has 1 atom stereocenters. The zero-order valence-corrected chi connectivity index (χ0v) is 18.1. The number of alkyl halides is 2. The van der Waals surface area contributed by atoms with E-state index in [9.17, 15) is 17.6 Å². The number of aliphatic imine (C=N–C) groups is 1. The third-order valence-electron chi connectivity index (χ3n) is 4.46. The van der Waals surface area contributed by atoms with Gasteiger partial charge in [0, 0.05) is 38.1 Å². The lowest BCUT2D eigenvalue weighted by molar-refractivity contribution is 0.0671. The SMILES string of the molecule is CCNC(=NCc1nccn1C(F)F)NC1CCN(c2c(F)cccc2F)C1.I. The fourth-order valence-electron chi connectivity index (χ4n) is 3.18. The fourth-order valence-corrected chi connectivity index (χ4v) is 3.18. The molecule has 160 valence electrons. The molecule has 6 nitrogen and oxygen atoms in total. The Morgan fingerprint density at radius 1 is 1.31 bits per heavy atom. The summed E-state index contributed by atoms with van der Waals surface area (Å²) in [4.78, 5) is 9.86. The number of guanidine groups is 1. The average molecular weight is 526 g/mol. The highest BCUT2D eigenvalue weighted by atomic mass is 127.